The first-order chi connectivity index (χ1) is 13.1. The van der Waals surface area contributed by atoms with Gasteiger partial charge in [-0.3, -0.25) is 9.36 Å². The molecule has 0 fully saturated rings. The van der Waals surface area contributed by atoms with Crippen LogP contribution in [0.25, 0.3) is 0 Å². The van der Waals surface area contributed by atoms with Gasteiger partial charge in [-0.25, -0.2) is 0 Å². The lowest BCUT2D eigenvalue weighted by molar-refractivity contribution is 0.107. The summed E-state index contributed by atoms with van der Waals surface area (Å²) in [6, 6.07) is 5.20. The van der Waals surface area contributed by atoms with Crippen molar-refractivity contribution < 1.29 is 18.8 Å². The summed E-state index contributed by atoms with van der Waals surface area (Å²) in [6.07, 6.45) is 5.88. The summed E-state index contributed by atoms with van der Waals surface area (Å²) in [5, 5.41) is 0. The van der Waals surface area contributed by atoms with E-state index in [1.807, 2.05) is 0 Å². The predicted molar refractivity (Wildman–Crippen MR) is 117 cm³/mol. The zero-order valence-electron chi connectivity index (χ0n) is 18.7. The van der Waals surface area contributed by atoms with Gasteiger partial charge in [-0.15, -0.1) is 0 Å². The van der Waals surface area contributed by atoms with Crippen LogP contribution in [-0.2, 0) is 4.57 Å². The van der Waals surface area contributed by atoms with Gasteiger partial charge in [0.25, 0.3) is 0 Å². The van der Waals surface area contributed by atoms with Crippen LogP contribution >= 0.6 is 7.80 Å². The van der Waals surface area contributed by atoms with E-state index in [0.717, 1.165) is 38.5 Å². The van der Waals surface area contributed by atoms with Gasteiger partial charge in [0, 0.05) is 5.66 Å². The molecule has 0 heterocycles. The van der Waals surface area contributed by atoms with Crippen molar-refractivity contribution >= 4 is 13.3 Å². The van der Waals surface area contributed by atoms with E-state index in [1.165, 1.54) is 14.2 Å². The third-order valence-corrected chi connectivity index (χ3v) is 6.71. The Morgan fingerprint density at radius 2 is 1.68 bits per heavy atom. The molecule has 3 atom stereocenters. The largest absolute Gasteiger partial charge is 0.496 e. The van der Waals surface area contributed by atoms with E-state index >= 15 is 0 Å². The number of carbonyl (C=O) groups is 1. The molecule has 0 aliphatic carbocycles. The molecule has 1 aromatic rings. The van der Waals surface area contributed by atoms with Gasteiger partial charge >= 0.3 is 0 Å². The van der Waals surface area contributed by atoms with Crippen molar-refractivity contribution in [2.45, 2.75) is 78.8 Å². The number of hydrogen-bond donors (Lipinski definition) is 0. The zero-order valence-corrected chi connectivity index (χ0v) is 19.6. The Labute approximate surface area is 172 Å². The average Bonchev–Trinajstić information content (AvgIpc) is 2.63. The van der Waals surface area contributed by atoms with Crippen LogP contribution in [0.3, 0.4) is 0 Å². The molecule has 1 radical (unpaired) electrons. The van der Waals surface area contributed by atoms with Crippen molar-refractivity contribution in [1.82, 2.24) is 0 Å². The minimum Gasteiger partial charge on any atom is -0.496 e. The summed E-state index contributed by atoms with van der Waals surface area (Å²) in [5.74, 6) is 1.25. The van der Waals surface area contributed by atoms with Crippen molar-refractivity contribution in [2.24, 2.45) is 11.3 Å². The molecule has 0 aromatic heterocycles. The molecule has 1 aromatic carbocycles. The molecule has 28 heavy (non-hydrogen) atoms. The van der Waals surface area contributed by atoms with Crippen LogP contribution in [0.4, 0.5) is 0 Å². The maximum absolute atomic E-state index is 13.4. The molecule has 3 unspecified atom stereocenters. The van der Waals surface area contributed by atoms with Crippen LogP contribution in [-0.4, -0.2) is 25.4 Å². The van der Waals surface area contributed by atoms with Crippen LogP contribution in [0.15, 0.2) is 18.2 Å². The molecule has 0 spiro atoms. The maximum atomic E-state index is 13.4. The second kappa shape index (κ2) is 11.6. The van der Waals surface area contributed by atoms with E-state index in [9.17, 15) is 9.36 Å². The summed E-state index contributed by atoms with van der Waals surface area (Å²) in [4.78, 5) is 13.2. The summed E-state index contributed by atoms with van der Waals surface area (Å²) in [7, 11) is 0.968. The molecule has 0 N–H and O–H groups in total. The summed E-state index contributed by atoms with van der Waals surface area (Å²) >= 11 is 0. The normalized spacial score (nSPS) is 14.3. The minimum atomic E-state index is -2.06. The van der Waals surface area contributed by atoms with E-state index in [0.29, 0.717) is 23.0 Å². The van der Waals surface area contributed by atoms with E-state index < -0.39 is 7.80 Å². The fourth-order valence-electron chi connectivity index (χ4n) is 3.89. The van der Waals surface area contributed by atoms with Crippen LogP contribution < -0.4 is 9.47 Å². The van der Waals surface area contributed by atoms with Crippen LogP contribution in [0.2, 0.25) is 0 Å². The first-order valence-corrected chi connectivity index (χ1v) is 11.7. The third-order valence-electron chi connectivity index (χ3n) is 4.95. The van der Waals surface area contributed by atoms with Gasteiger partial charge in [-0.1, -0.05) is 59.9 Å². The second-order valence-electron chi connectivity index (χ2n) is 8.92. The molecule has 1 rings (SSSR count). The standard InChI is InChI=1S/C23H38O4P/c1-8-9-10-12-18(15-17(2)16-23(3,4)5)28(25)22(24)21-19(26-6)13-11-14-20(21)27-7/h11,13-14,17-18H,8-10,12,15-16H2,1-7H3. The molecule has 0 saturated heterocycles. The van der Waals surface area contributed by atoms with Gasteiger partial charge in [0.05, 0.1) is 14.2 Å². The molecule has 5 heteroatoms. The van der Waals surface area contributed by atoms with Crippen molar-refractivity contribution in [1.29, 1.82) is 0 Å². The number of methoxy groups -OCH3 is 2. The first-order valence-electron chi connectivity index (χ1n) is 10.4. The number of ether oxygens (including phenoxy) is 2. The smallest absolute Gasteiger partial charge is 0.249 e. The lowest BCUT2D eigenvalue weighted by atomic mass is 9.83. The first kappa shape index (κ1) is 24.6. The van der Waals surface area contributed by atoms with Crippen molar-refractivity contribution in [2.75, 3.05) is 14.2 Å². The monoisotopic (exact) mass is 409 g/mol. The van der Waals surface area contributed by atoms with E-state index in [4.69, 9.17) is 9.47 Å². The highest BCUT2D eigenvalue weighted by atomic mass is 31.1. The van der Waals surface area contributed by atoms with Crippen LogP contribution in [0.1, 0.15) is 83.5 Å². The number of carbonyl (C=O) groups excluding carboxylic acids is 1. The van der Waals surface area contributed by atoms with Crippen molar-refractivity contribution in [3.63, 3.8) is 0 Å². The summed E-state index contributed by atoms with van der Waals surface area (Å²) in [6.45, 7) is 11.0. The molecule has 0 amide bonds. The van der Waals surface area contributed by atoms with Gasteiger partial charge in [-0.05, 0) is 42.7 Å². The van der Waals surface area contributed by atoms with E-state index in [-0.39, 0.29) is 16.6 Å². The maximum Gasteiger partial charge on any atom is 0.249 e. The highest BCUT2D eigenvalue weighted by Crippen LogP contribution is 2.44. The average molecular weight is 410 g/mol. The number of benzene rings is 1. The fourth-order valence-corrected chi connectivity index (χ4v) is 5.63. The van der Waals surface area contributed by atoms with Gasteiger partial charge in [0.1, 0.15) is 24.9 Å². The fraction of sp³-hybridized carbons (Fsp3) is 0.696. The van der Waals surface area contributed by atoms with Gasteiger partial charge < -0.3 is 9.47 Å². The minimum absolute atomic E-state index is 0.110. The van der Waals surface area contributed by atoms with Gasteiger partial charge in [0.2, 0.25) is 5.52 Å². The van der Waals surface area contributed by atoms with E-state index in [2.05, 4.69) is 34.6 Å². The molecular formula is C23H38O4P. The Morgan fingerprint density at radius 1 is 1.11 bits per heavy atom. The Morgan fingerprint density at radius 3 is 2.14 bits per heavy atom. The molecule has 159 valence electrons. The molecule has 4 nitrogen and oxygen atoms in total. The summed E-state index contributed by atoms with van der Waals surface area (Å²) < 4.78 is 24.1. The van der Waals surface area contributed by atoms with Crippen molar-refractivity contribution in [3.8, 4) is 11.5 Å². The topological polar surface area (TPSA) is 52.6 Å². The SMILES string of the molecule is CCCCCC(CC(C)CC(C)(C)C)[P](=O)C(=O)c1c(OC)cccc1OC. The molecular weight excluding hydrogens is 371 g/mol. The Balaban J connectivity index is 3.09. The molecule has 0 aliphatic rings. The Bertz CT molecular complexity index is 626. The lowest BCUT2D eigenvalue weighted by Crippen LogP contribution is -2.17. The second-order valence-corrected chi connectivity index (χ2v) is 10.7. The van der Waals surface area contributed by atoms with Crippen LogP contribution in [0.5, 0.6) is 11.5 Å². The van der Waals surface area contributed by atoms with Crippen molar-refractivity contribution in [3.05, 3.63) is 23.8 Å². The third kappa shape index (κ3) is 7.54. The number of hydrogen-bond acceptors (Lipinski definition) is 4. The summed E-state index contributed by atoms with van der Waals surface area (Å²) in [5.41, 5.74) is 0.0573. The zero-order chi connectivity index (χ0) is 21.3. The number of rotatable bonds is 12. The quantitative estimate of drug-likeness (QED) is 0.273. The van der Waals surface area contributed by atoms with E-state index in [1.54, 1.807) is 18.2 Å². The molecule has 0 saturated carbocycles. The number of unbranched alkanes of at least 4 members (excludes halogenated alkanes) is 2. The Hall–Kier alpha value is -1.41. The van der Waals surface area contributed by atoms with Gasteiger partial charge in [0.15, 0.2) is 0 Å². The van der Waals surface area contributed by atoms with Gasteiger partial charge in [-0.2, -0.15) is 0 Å². The highest BCUT2D eigenvalue weighted by molar-refractivity contribution is 7.65. The van der Waals surface area contributed by atoms with Crippen LogP contribution in [0, 0.1) is 11.3 Å². The predicted octanol–water partition coefficient (Wildman–Crippen LogP) is 7.08. The molecule has 0 bridgehead atoms. The Kier molecular flexibility index (Phi) is 10.2. The highest BCUT2D eigenvalue weighted by Gasteiger charge is 2.31. The lowest BCUT2D eigenvalue weighted by Gasteiger charge is -2.26. The molecule has 0 aliphatic heterocycles.